The van der Waals surface area contributed by atoms with Crippen LogP contribution in [0.5, 0.6) is 0 Å². The zero-order chi connectivity index (χ0) is 11.4. The molecule has 1 aliphatic heterocycles. The van der Waals surface area contributed by atoms with E-state index in [4.69, 9.17) is 9.15 Å². The van der Waals surface area contributed by atoms with Crippen molar-refractivity contribution < 1.29 is 9.15 Å². The van der Waals surface area contributed by atoms with Crippen molar-refractivity contribution in [2.24, 2.45) is 0 Å². The second-order valence-corrected chi connectivity index (χ2v) is 4.39. The molecular formula is C13H21NO2. The zero-order valence-corrected chi connectivity index (χ0v) is 10.2. The van der Waals surface area contributed by atoms with Crippen LogP contribution >= 0.6 is 0 Å². The molecule has 1 saturated heterocycles. The molecule has 0 amide bonds. The Morgan fingerprint density at radius 3 is 2.88 bits per heavy atom. The number of hydrogen-bond acceptors (Lipinski definition) is 3. The molecule has 3 heteroatoms. The molecule has 0 aromatic carbocycles. The first-order chi connectivity index (χ1) is 7.81. The summed E-state index contributed by atoms with van der Waals surface area (Å²) >= 11 is 0. The number of rotatable bonds is 4. The molecular weight excluding hydrogens is 202 g/mol. The summed E-state index contributed by atoms with van der Waals surface area (Å²) in [6.45, 7) is 5.91. The molecule has 0 spiro atoms. The van der Waals surface area contributed by atoms with E-state index in [-0.39, 0.29) is 12.1 Å². The highest BCUT2D eigenvalue weighted by atomic mass is 16.5. The first-order valence-corrected chi connectivity index (χ1v) is 6.22. The summed E-state index contributed by atoms with van der Waals surface area (Å²) in [6, 6.07) is 4.28. The van der Waals surface area contributed by atoms with Crippen LogP contribution in [0, 0.1) is 6.92 Å². The number of furan rings is 1. The van der Waals surface area contributed by atoms with Crippen molar-refractivity contribution in [3.63, 3.8) is 0 Å². The molecule has 1 aliphatic rings. The summed E-state index contributed by atoms with van der Waals surface area (Å²) < 4.78 is 11.5. The SMILES string of the molecule is CCNC(c1ccc(C)o1)C1CCCCO1. The van der Waals surface area contributed by atoms with Crippen molar-refractivity contribution in [2.75, 3.05) is 13.2 Å². The predicted octanol–water partition coefficient (Wildman–Crippen LogP) is 2.81. The van der Waals surface area contributed by atoms with E-state index in [2.05, 4.69) is 18.3 Å². The van der Waals surface area contributed by atoms with Crippen molar-refractivity contribution >= 4 is 0 Å². The number of ether oxygens (including phenoxy) is 1. The lowest BCUT2D eigenvalue weighted by Gasteiger charge is -2.29. The lowest BCUT2D eigenvalue weighted by molar-refractivity contribution is -0.0124. The molecule has 1 N–H and O–H groups in total. The highest BCUT2D eigenvalue weighted by molar-refractivity contribution is 5.11. The minimum absolute atomic E-state index is 0.207. The highest BCUT2D eigenvalue weighted by Gasteiger charge is 2.27. The van der Waals surface area contributed by atoms with Crippen LogP contribution in [0.2, 0.25) is 0 Å². The molecule has 2 heterocycles. The Kier molecular flexibility index (Phi) is 4.02. The number of aryl methyl sites for hydroxylation is 1. The van der Waals surface area contributed by atoms with E-state index in [0.29, 0.717) is 0 Å². The minimum atomic E-state index is 0.207. The lowest BCUT2D eigenvalue weighted by Crippen LogP contribution is -2.35. The van der Waals surface area contributed by atoms with Crippen LogP contribution in [0.3, 0.4) is 0 Å². The van der Waals surface area contributed by atoms with Crippen LogP contribution in [-0.2, 0) is 4.74 Å². The van der Waals surface area contributed by atoms with Crippen LogP contribution in [0.15, 0.2) is 16.5 Å². The molecule has 3 nitrogen and oxygen atoms in total. The Labute approximate surface area is 97.2 Å². The van der Waals surface area contributed by atoms with Gasteiger partial charge in [0.2, 0.25) is 0 Å². The van der Waals surface area contributed by atoms with E-state index in [0.717, 1.165) is 31.1 Å². The van der Waals surface area contributed by atoms with Gasteiger partial charge in [0.15, 0.2) is 0 Å². The van der Waals surface area contributed by atoms with Gasteiger partial charge in [-0.05, 0) is 44.9 Å². The largest absolute Gasteiger partial charge is 0.465 e. The number of nitrogens with one attached hydrogen (secondary N) is 1. The minimum Gasteiger partial charge on any atom is -0.465 e. The maximum Gasteiger partial charge on any atom is 0.123 e. The average molecular weight is 223 g/mol. The van der Waals surface area contributed by atoms with E-state index in [1.807, 2.05) is 13.0 Å². The maximum atomic E-state index is 5.83. The molecule has 0 saturated carbocycles. The molecule has 0 bridgehead atoms. The van der Waals surface area contributed by atoms with Gasteiger partial charge in [-0.25, -0.2) is 0 Å². The lowest BCUT2D eigenvalue weighted by atomic mass is 10.00. The quantitative estimate of drug-likeness (QED) is 0.852. The first kappa shape index (κ1) is 11.7. The van der Waals surface area contributed by atoms with Crippen molar-refractivity contribution in [1.82, 2.24) is 5.32 Å². The van der Waals surface area contributed by atoms with Gasteiger partial charge in [-0.15, -0.1) is 0 Å². The van der Waals surface area contributed by atoms with Crippen LogP contribution in [0.1, 0.15) is 43.7 Å². The molecule has 1 fully saturated rings. The van der Waals surface area contributed by atoms with Crippen molar-refractivity contribution in [3.8, 4) is 0 Å². The zero-order valence-electron chi connectivity index (χ0n) is 10.2. The van der Waals surface area contributed by atoms with Gasteiger partial charge in [0.05, 0.1) is 12.1 Å². The molecule has 2 atom stereocenters. The van der Waals surface area contributed by atoms with Gasteiger partial charge >= 0.3 is 0 Å². The van der Waals surface area contributed by atoms with Gasteiger partial charge in [0.1, 0.15) is 11.5 Å². The van der Waals surface area contributed by atoms with E-state index in [1.54, 1.807) is 0 Å². The fourth-order valence-corrected chi connectivity index (χ4v) is 2.28. The van der Waals surface area contributed by atoms with Gasteiger partial charge < -0.3 is 14.5 Å². The standard InChI is InChI=1S/C13H21NO2/c1-3-14-13(11-6-4-5-9-15-11)12-8-7-10(2)16-12/h7-8,11,13-14H,3-6,9H2,1-2H3. The number of hydrogen-bond donors (Lipinski definition) is 1. The van der Waals surface area contributed by atoms with Gasteiger partial charge in [-0.2, -0.15) is 0 Å². The van der Waals surface area contributed by atoms with E-state index >= 15 is 0 Å². The third-order valence-corrected chi connectivity index (χ3v) is 3.08. The van der Waals surface area contributed by atoms with E-state index in [1.165, 1.54) is 12.8 Å². The molecule has 90 valence electrons. The van der Waals surface area contributed by atoms with E-state index in [9.17, 15) is 0 Å². The van der Waals surface area contributed by atoms with Gasteiger partial charge in [-0.3, -0.25) is 0 Å². The molecule has 1 aromatic rings. The Hall–Kier alpha value is -0.800. The normalized spacial score (nSPS) is 23.2. The van der Waals surface area contributed by atoms with Crippen LogP contribution < -0.4 is 5.32 Å². The topological polar surface area (TPSA) is 34.4 Å². The monoisotopic (exact) mass is 223 g/mol. The second-order valence-electron chi connectivity index (χ2n) is 4.39. The Balaban J connectivity index is 2.09. The van der Waals surface area contributed by atoms with Crippen LogP contribution in [0.4, 0.5) is 0 Å². The Morgan fingerprint density at radius 2 is 2.31 bits per heavy atom. The molecule has 16 heavy (non-hydrogen) atoms. The van der Waals surface area contributed by atoms with Crippen molar-refractivity contribution in [2.45, 2.75) is 45.3 Å². The molecule has 2 unspecified atom stereocenters. The molecule has 0 radical (unpaired) electrons. The maximum absolute atomic E-state index is 5.83. The molecule has 2 rings (SSSR count). The third kappa shape index (κ3) is 2.66. The fourth-order valence-electron chi connectivity index (χ4n) is 2.28. The summed E-state index contributed by atoms with van der Waals surface area (Å²) in [5, 5.41) is 3.46. The first-order valence-electron chi connectivity index (χ1n) is 6.22. The van der Waals surface area contributed by atoms with Crippen molar-refractivity contribution in [1.29, 1.82) is 0 Å². The van der Waals surface area contributed by atoms with Crippen LogP contribution in [-0.4, -0.2) is 19.3 Å². The smallest absolute Gasteiger partial charge is 0.123 e. The summed E-state index contributed by atoms with van der Waals surface area (Å²) in [5.74, 6) is 1.97. The number of likely N-dealkylation sites (N-methyl/N-ethyl adjacent to an activating group) is 1. The van der Waals surface area contributed by atoms with Gasteiger partial charge in [0, 0.05) is 6.61 Å². The van der Waals surface area contributed by atoms with Crippen LogP contribution in [0.25, 0.3) is 0 Å². The van der Waals surface area contributed by atoms with Gasteiger partial charge in [0.25, 0.3) is 0 Å². The highest BCUT2D eigenvalue weighted by Crippen LogP contribution is 2.27. The third-order valence-electron chi connectivity index (χ3n) is 3.08. The molecule has 1 aromatic heterocycles. The summed E-state index contributed by atoms with van der Waals surface area (Å²) in [6.07, 6.45) is 3.83. The second kappa shape index (κ2) is 5.51. The summed E-state index contributed by atoms with van der Waals surface area (Å²) in [5.41, 5.74) is 0. The molecule has 0 aliphatic carbocycles. The summed E-state index contributed by atoms with van der Waals surface area (Å²) in [7, 11) is 0. The fraction of sp³-hybridized carbons (Fsp3) is 0.692. The average Bonchev–Trinajstić information content (AvgIpc) is 2.74. The predicted molar refractivity (Wildman–Crippen MR) is 63.5 cm³/mol. The van der Waals surface area contributed by atoms with E-state index < -0.39 is 0 Å². The Bertz CT molecular complexity index is 315. The Morgan fingerprint density at radius 1 is 1.44 bits per heavy atom. The van der Waals surface area contributed by atoms with Gasteiger partial charge in [-0.1, -0.05) is 6.92 Å². The summed E-state index contributed by atoms with van der Waals surface area (Å²) in [4.78, 5) is 0. The van der Waals surface area contributed by atoms with Crippen molar-refractivity contribution in [3.05, 3.63) is 23.7 Å².